The minimum atomic E-state index is -0.234. The Morgan fingerprint density at radius 1 is 1.13 bits per heavy atom. The predicted octanol–water partition coefficient (Wildman–Crippen LogP) is 3.57. The summed E-state index contributed by atoms with van der Waals surface area (Å²) in [5, 5.41) is 3.59. The number of fused-ring (bicyclic) bond motifs is 1. The first kappa shape index (κ1) is 15.5. The third kappa shape index (κ3) is 2.81. The number of nitrogens with one attached hydrogen (secondary N) is 1. The number of benzene rings is 2. The number of rotatable bonds is 3. The number of aromatic nitrogens is 2. The lowest BCUT2D eigenvalue weighted by atomic mass is 10.2. The fourth-order valence-corrected chi connectivity index (χ4v) is 2.69. The zero-order valence-electron chi connectivity index (χ0n) is 12.0. The normalized spacial score (nSPS) is 10.7. The Labute approximate surface area is 141 Å². The zero-order chi connectivity index (χ0) is 16.6. The van der Waals surface area contributed by atoms with E-state index >= 15 is 0 Å². The van der Waals surface area contributed by atoms with Crippen LogP contribution in [0.5, 0.6) is 0 Å². The second kappa shape index (κ2) is 6.02. The van der Waals surface area contributed by atoms with Crippen molar-refractivity contribution in [3.8, 4) is 5.69 Å². The van der Waals surface area contributed by atoms with Crippen LogP contribution < -0.4 is 10.9 Å². The molecule has 0 atom stereocenters. The van der Waals surface area contributed by atoms with Gasteiger partial charge in [0.05, 0.1) is 26.6 Å². The first-order valence-corrected chi connectivity index (χ1v) is 7.46. The Balaban J connectivity index is 2.23. The van der Waals surface area contributed by atoms with Gasteiger partial charge in [0.2, 0.25) is 6.41 Å². The van der Waals surface area contributed by atoms with E-state index in [9.17, 15) is 9.59 Å². The highest BCUT2D eigenvalue weighted by atomic mass is 35.5. The predicted molar refractivity (Wildman–Crippen MR) is 91.8 cm³/mol. The van der Waals surface area contributed by atoms with E-state index in [4.69, 9.17) is 23.2 Å². The fourth-order valence-electron chi connectivity index (χ4n) is 2.37. The van der Waals surface area contributed by atoms with Gasteiger partial charge in [0.1, 0.15) is 5.82 Å². The van der Waals surface area contributed by atoms with Crippen LogP contribution in [-0.4, -0.2) is 16.0 Å². The van der Waals surface area contributed by atoms with Crippen molar-refractivity contribution >= 4 is 46.2 Å². The molecule has 7 heteroatoms. The highest BCUT2D eigenvalue weighted by Gasteiger charge is 2.12. The van der Waals surface area contributed by atoms with Crippen LogP contribution in [0.3, 0.4) is 0 Å². The van der Waals surface area contributed by atoms with E-state index in [0.29, 0.717) is 44.6 Å². The Morgan fingerprint density at radius 3 is 2.43 bits per heavy atom. The molecule has 0 bridgehead atoms. The smallest absolute Gasteiger partial charge is 0.266 e. The van der Waals surface area contributed by atoms with Crippen LogP contribution in [-0.2, 0) is 4.79 Å². The van der Waals surface area contributed by atoms with Crippen LogP contribution in [0.2, 0.25) is 10.0 Å². The number of hydrogen-bond donors (Lipinski definition) is 1. The molecular weight excluding hydrogens is 337 g/mol. The van der Waals surface area contributed by atoms with Gasteiger partial charge in [-0.3, -0.25) is 14.2 Å². The summed E-state index contributed by atoms with van der Waals surface area (Å²) in [5.41, 5.74) is 1.54. The standard InChI is InChI=1S/C16H11Cl2N3O2/c1-9-20-15-7-14(18)13(17)6-12(15)16(23)21(9)11-4-2-10(3-5-11)19-8-22/h2-8H,1H3,(H,19,22). The minimum absolute atomic E-state index is 0.234. The third-order valence-electron chi connectivity index (χ3n) is 3.43. The van der Waals surface area contributed by atoms with Gasteiger partial charge in [-0.25, -0.2) is 4.98 Å². The van der Waals surface area contributed by atoms with Gasteiger partial charge in [0.15, 0.2) is 0 Å². The number of hydrogen-bond acceptors (Lipinski definition) is 3. The number of aryl methyl sites for hydroxylation is 1. The molecule has 0 unspecified atom stereocenters. The van der Waals surface area contributed by atoms with Gasteiger partial charge >= 0.3 is 0 Å². The lowest BCUT2D eigenvalue weighted by Crippen LogP contribution is -2.22. The molecule has 116 valence electrons. The zero-order valence-corrected chi connectivity index (χ0v) is 13.5. The molecule has 0 aliphatic carbocycles. The van der Waals surface area contributed by atoms with Crippen molar-refractivity contribution in [1.29, 1.82) is 0 Å². The van der Waals surface area contributed by atoms with Gasteiger partial charge in [-0.2, -0.15) is 0 Å². The third-order valence-corrected chi connectivity index (χ3v) is 4.15. The van der Waals surface area contributed by atoms with Crippen molar-refractivity contribution in [1.82, 2.24) is 9.55 Å². The summed E-state index contributed by atoms with van der Waals surface area (Å²) in [6, 6.07) is 9.96. The van der Waals surface area contributed by atoms with Gasteiger partial charge in [-0.15, -0.1) is 0 Å². The highest BCUT2D eigenvalue weighted by Crippen LogP contribution is 2.26. The Bertz CT molecular complexity index is 966. The van der Waals surface area contributed by atoms with Crippen molar-refractivity contribution in [2.45, 2.75) is 6.92 Å². The van der Waals surface area contributed by atoms with Crippen LogP contribution in [0.4, 0.5) is 5.69 Å². The topological polar surface area (TPSA) is 64.0 Å². The quantitative estimate of drug-likeness (QED) is 0.736. The van der Waals surface area contributed by atoms with Crippen molar-refractivity contribution in [2.75, 3.05) is 5.32 Å². The maximum absolute atomic E-state index is 12.8. The van der Waals surface area contributed by atoms with Crippen LogP contribution in [0.1, 0.15) is 5.82 Å². The van der Waals surface area contributed by atoms with E-state index in [1.807, 2.05) is 0 Å². The van der Waals surface area contributed by atoms with Gasteiger partial charge < -0.3 is 5.32 Å². The van der Waals surface area contributed by atoms with Gasteiger partial charge in [-0.1, -0.05) is 23.2 Å². The number of carbonyl (C=O) groups is 1. The average molecular weight is 348 g/mol. The fraction of sp³-hybridized carbons (Fsp3) is 0.0625. The maximum atomic E-state index is 12.8. The lowest BCUT2D eigenvalue weighted by molar-refractivity contribution is -0.105. The molecule has 3 aromatic rings. The number of amides is 1. The molecule has 3 rings (SSSR count). The van der Waals surface area contributed by atoms with Crippen molar-refractivity contribution in [3.63, 3.8) is 0 Å². The van der Waals surface area contributed by atoms with E-state index in [1.165, 1.54) is 10.6 Å². The van der Waals surface area contributed by atoms with Gasteiger partial charge in [0, 0.05) is 5.69 Å². The number of nitrogens with zero attached hydrogens (tertiary/aromatic N) is 2. The highest BCUT2D eigenvalue weighted by molar-refractivity contribution is 6.42. The molecule has 0 aliphatic heterocycles. The summed E-state index contributed by atoms with van der Waals surface area (Å²) < 4.78 is 1.48. The molecular formula is C16H11Cl2N3O2. The average Bonchev–Trinajstić information content (AvgIpc) is 2.51. The molecule has 23 heavy (non-hydrogen) atoms. The molecule has 5 nitrogen and oxygen atoms in total. The van der Waals surface area contributed by atoms with E-state index in [2.05, 4.69) is 10.3 Å². The molecule has 1 N–H and O–H groups in total. The number of anilines is 1. The molecule has 0 fully saturated rings. The summed E-state index contributed by atoms with van der Waals surface area (Å²) in [4.78, 5) is 27.6. The van der Waals surface area contributed by atoms with Crippen LogP contribution >= 0.6 is 23.2 Å². The molecule has 0 radical (unpaired) electrons. The molecule has 0 saturated heterocycles. The van der Waals surface area contributed by atoms with E-state index in [1.54, 1.807) is 37.3 Å². The molecule has 1 amide bonds. The van der Waals surface area contributed by atoms with Crippen LogP contribution in [0, 0.1) is 6.92 Å². The Kier molecular flexibility index (Phi) is 4.07. The van der Waals surface area contributed by atoms with Gasteiger partial charge in [-0.05, 0) is 43.3 Å². The molecule has 2 aromatic carbocycles. The summed E-state index contributed by atoms with van der Waals surface area (Å²) in [6.07, 6.45) is 0.593. The monoisotopic (exact) mass is 347 g/mol. The SMILES string of the molecule is Cc1nc2cc(Cl)c(Cl)cc2c(=O)n1-c1ccc(NC=O)cc1. The lowest BCUT2D eigenvalue weighted by Gasteiger charge is -2.12. The second-order valence-corrected chi connectivity index (χ2v) is 5.71. The number of halogens is 2. The summed E-state index contributed by atoms with van der Waals surface area (Å²) >= 11 is 12.0. The summed E-state index contributed by atoms with van der Waals surface area (Å²) in [6.45, 7) is 1.74. The van der Waals surface area contributed by atoms with Crippen molar-refractivity contribution < 1.29 is 4.79 Å². The maximum Gasteiger partial charge on any atom is 0.266 e. The first-order valence-electron chi connectivity index (χ1n) is 6.70. The van der Waals surface area contributed by atoms with E-state index in [-0.39, 0.29) is 5.56 Å². The Morgan fingerprint density at radius 2 is 1.78 bits per heavy atom. The van der Waals surface area contributed by atoms with Crippen molar-refractivity contribution in [2.24, 2.45) is 0 Å². The first-order chi connectivity index (χ1) is 11.0. The number of carbonyl (C=O) groups excluding carboxylic acids is 1. The largest absolute Gasteiger partial charge is 0.329 e. The van der Waals surface area contributed by atoms with E-state index < -0.39 is 0 Å². The molecule has 1 heterocycles. The molecule has 0 spiro atoms. The Hall–Kier alpha value is -2.37. The van der Waals surface area contributed by atoms with E-state index in [0.717, 1.165) is 0 Å². The summed E-state index contributed by atoms with van der Waals surface area (Å²) in [7, 11) is 0. The molecule has 0 saturated carbocycles. The minimum Gasteiger partial charge on any atom is -0.329 e. The van der Waals surface area contributed by atoms with Crippen molar-refractivity contribution in [3.05, 3.63) is 62.6 Å². The molecule has 0 aliphatic rings. The summed E-state index contributed by atoms with van der Waals surface area (Å²) in [5.74, 6) is 0.525. The van der Waals surface area contributed by atoms with Crippen LogP contribution in [0.15, 0.2) is 41.2 Å². The second-order valence-electron chi connectivity index (χ2n) is 4.89. The van der Waals surface area contributed by atoms with Crippen LogP contribution in [0.25, 0.3) is 16.6 Å². The molecule has 1 aromatic heterocycles. The van der Waals surface area contributed by atoms with Gasteiger partial charge in [0.25, 0.3) is 5.56 Å².